The van der Waals surface area contributed by atoms with Crippen LogP contribution in [-0.2, 0) is 14.2 Å². The van der Waals surface area contributed by atoms with Crippen molar-refractivity contribution in [2.45, 2.75) is 37.5 Å². The third kappa shape index (κ3) is 4.83. The number of carbonyl (C=O) groups excluding carboxylic acids is 1. The van der Waals surface area contributed by atoms with Crippen LogP contribution < -0.4 is 16.0 Å². The van der Waals surface area contributed by atoms with E-state index in [0.717, 1.165) is 39.4 Å². The molecule has 0 unspecified atom stereocenters. The van der Waals surface area contributed by atoms with E-state index in [1.165, 1.54) is 0 Å². The molecule has 0 saturated carbocycles. The summed E-state index contributed by atoms with van der Waals surface area (Å²) in [5.41, 5.74) is -0.126. The molecule has 0 atom stereocenters. The normalized spacial score (nSPS) is 26.9. The summed E-state index contributed by atoms with van der Waals surface area (Å²) < 4.78 is 15.7. The number of ether oxygens (including phenoxy) is 3. The maximum absolute atomic E-state index is 11.9. The molecule has 0 aromatic carbocycles. The Balaban J connectivity index is 0.000000170. The van der Waals surface area contributed by atoms with Gasteiger partial charge in [0, 0.05) is 39.3 Å². The van der Waals surface area contributed by atoms with Gasteiger partial charge in [0.1, 0.15) is 5.60 Å². The largest absolute Gasteiger partial charge is 0.444 e. The fraction of sp³-hybridized carbons (Fsp3) is 0.941. The highest BCUT2D eigenvalue weighted by atomic mass is 16.6. The van der Waals surface area contributed by atoms with E-state index in [1.54, 1.807) is 4.90 Å². The zero-order valence-electron chi connectivity index (χ0n) is 15.7. The quantitative estimate of drug-likeness (QED) is 0.542. The summed E-state index contributed by atoms with van der Waals surface area (Å²) in [4.78, 5) is 13.6. The van der Waals surface area contributed by atoms with Crippen molar-refractivity contribution >= 4 is 6.09 Å². The van der Waals surface area contributed by atoms with E-state index < -0.39 is 5.60 Å². The molecule has 8 heteroatoms. The van der Waals surface area contributed by atoms with Gasteiger partial charge < -0.3 is 35.1 Å². The Morgan fingerprint density at radius 1 is 1.00 bits per heavy atom. The average molecular weight is 356 g/mol. The average Bonchev–Trinajstić information content (AvgIpc) is 2.52. The molecule has 4 fully saturated rings. The third-order valence-corrected chi connectivity index (χ3v) is 4.81. The first-order chi connectivity index (χ1) is 11.8. The number of carbonyl (C=O) groups is 1. The highest BCUT2D eigenvalue weighted by Crippen LogP contribution is 2.22. The lowest BCUT2D eigenvalue weighted by atomic mass is 9.95. The van der Waals surface area contributed by atoms with Gasteiger partial charge in [0.2, 0.25) is 0 Å². The molecule has 0 aromatic rings. The molecule has 4 aliphatic heterocycles. The van der Waals surface area contributed by atoms with Gasteiger partial charge in [-0.3, -0.25) is 0 Å². The standard InChI is InChI=1S/C11H20N2O3.C6H12N2O/c1-10(2,3)16-9(14)13-5-4-12-11(6-13)7-15-8-11;1-2-8-6(3-7-1)4-9-5-6/h12H,4-8H2,1-3H3;7-8H,1-5H2. The van der Waals surface area contributed by atoms with E-state index in [1.807, 2.05) is 20.8 Å². The molecule has 2 spiro atoms. The summed E-state index contributed by atoms with van der Waals surface area (Å²) >= 11 is 0. The van der Waals surface area contributed by atoms with Gasteiger partial charge in [0.15, 0.2) is 0 Å². The molecule has 4 rings (SSSR count). The molecule has 0 aliphatic carbocycles. The van der Waals surface area contributed by atoms with Crippen LogP contribution in [0.4, 0.5) is 4.79 Å². The van der Waals surface area contributed by atoms with Crippen LogP contribution in [0, 0.1) is 0 Å². The van der Waals surface area contributed by atoms with Gasteiger partial charge in [-0.2, -0.15) is 0 Å². The summed E-state index contributed by atoms with van der Waals surface area (Å²) in [6, 6.07) is 0. The number of piperazine rings is 2. The van der Waals surface area contributed by atoms with Gasteiger partial charge in [-0.1, -0.05) is 0 Å². The molecule has 144 valence electrons. The van der Waals surface area contributed by atoms with Crippen molar-refractivity contribution in [1.82, 2.24) is 20.9 Å². The summed E-state index contributed by atoms with van der Waals surface area (Å²) in [7, 11) is 0. The van der Waals surface area contributed by atoms with Gasteiger partial charge >= 0.3 is 6.09 Å². The van der Waals surface area contributed by atoms with E-state index in [0.29, 0.717) is 31.8 Å². The summed E-state index contributed by atoms with van der Waals surface area (Å²) in [5, 5.41) is 10.2. The van der Waals surface area contributed by atoms with E-state index in [4.69, 9.17) is 14.2 Å². The molecular formula is C17H32N4O4. The second-order valence-electron chi connectivity index (χ2n) is 8.48. The van der Waals surface area contributed by atoms with Crippen LogP contribution in [-0.4, -0.2) is 93.4 Å². The summed E-state index contributed by atoms with van der Waals surface area (Å²) in [6.07, 6.45) is -0.222. The lowest BCUT2D eigenvalue weighted by Gasteiger charge is -2.48. The van der Waals surface area contributed by atoms with E-state index >= 15 is 0 Å². The van der Waals surface area contributed by atoms with Gasteiger partial charge in [0.25, 0.3) is 0 Å². The van der Waals surface area contributed by atoms with Crippen LogP contribution >= 0.6 is 0 Å². The Labute approximate surface area is 149 Å². The molecule has 3 N–H and O–H groups in total. The SMILES string of the molecule is C1CNC2(CN1)COC2.CC(C)(C)OC(=O)N1CCNC2(COC2)C1. The minimum Gasteiger partial charge on any atom is -0.444 e. The second-order valence-corrected chi connectivity index (χ2v) is 8.48. The number of rotatable bonds is 0. The van der Waals surface area contributed by atoms with E-state index in [9.17, 15) is 4.79 Å². The molecule has 25 heavy (non-hydrogen) atoms. The van der Waals surface area contributed by atoms with Crippen LogP contribution in [0.15, 0.2) is 0 Å². The van der Waals surface area contributed by atoms with Crippen molar-refractivity contribution in [2.24, 2.45) is 0 Å². The zero-order chi connectivity index (χ0) is 18.0. The zero-order valence-corrected chi connectivity index (χ0v) is 15.7. The number of nitrogens with one attached hydrogen (secondary N) is 3. The first kappa shape index (κ1) is 18.8. The molecule has 4 heterocycles. The van der Waals surface area contributed by atoms with Crippen molar-refractivity contribution in [3.8, 4) is 0 Å². The molecule has 0 bridgehead atoms. The Hall–Kier alpha value is -0.930. The summed E-state index contributed by atoms with van der Waals surface area (Å²) in [6.45, 7) is 14.3. The van der Waals surface area contributed by atoms with E-state index in [2.05, 4.69) is 16.0 Å². The third-order valence-electron chi connectivity index (χ3n) is 4.81. The fourth-order valence-electron chi connectivity index (χ4n) is 3.34. The second kappa shape index (κ2) is 7.36. The van der Waals surface area contributed by atoms with Crippen LogP contribution in [0.5, 0.6) is 0 Å². The van der Waals surface area contributed by atoms with Gasteiger partial charge in [-0.15, -0.1) is 0 Å². The number of hydrogen-bond acceptors (Lipinski definition) is 7. The van der Waals surface area contributed by atoms with Gasteiger partial charge in [0.05, 0.1) is 37.5 Å². The monoisotopic (exact) mass is 356 g/mol. The van der Waals surface area contributed by atoms with Crippen molar-refractivity contribution in [2.75, 3.05) is 65.7 Å². The molecule has 4 aliphatic rings. The smallest absolute Gasteiger partial charge is 0.410 e. The van der Waals surface area contributed by atoms with Crippen LogP contribution in [0.25, 0.3) is 0 Å². The van der Waals surface area contributed by atoms with Crippen LogP contribution in [0.1, 0.15) is 20.8 Å². The maximum atomic E-state index is 11.9. The van der Waals surface area contributed by atoms with Crippen molar-refractivity contribution < 1.29 is 19.0 Å². The molecule has 0 radical (unpaired) electrons. The minimum absolute atomic E-state index is 0.0187. The summed E-state index contributed by atoms with van der Waals surface area (Å²) in [5.74, 6) is 0. The minimum atomic E-state index is -0.425. The molecular weight excluding hydrogens is 324 g/mol. The molecule has 8 nitrogen and oxygen atoms in total. The molecule has 0 aromatic heterocycles. The Kier molecular flexibility index (Phi) is 5.55. The molecule has 1 amide bonds. The Morgan fingerprint density at radius 3 is 2.08 bits per heavy atom. The molecule has 4 saturated heterocycles. The Bertz CT molecular complexity index is 464. The highest BCUT2D eigenvalue weighted by Gasteiger charge is 2.44. The Morgan fingerprint density at radius 2 is 1.64 bits per heavy atom. The van der Waals surface area contributed by atoms with E-state index in [-0.39, 0.29) is 11.6 Å². The predicted molar refractivity (Wildman–Crippen MR) is 93.8 cm³/mol. The first-order valence-corrected chi connectivity index (χ1v) is 9.16. The van der Waals surface area contributed by atoms with Crippen LogP contribution in [0.2, 0.25) is 0 Å². The number of hydrogen-bond donors (Lipinski definition) is 3. The lowest BCUT2D eigenvalue weighted by molar-refractivity contribution is -0.100. The van der Waals surface area contributed by atoms with Gasteiger partial charge in [-0.25, -0.2) is 4.79 Å². The number of nitrogens with zero attached hydrogens (tertiary/aromatic N) is 1. The van der Waals surface area contributed by atoms with Crippen molar-refractivity contribution in [3.63, 3.8) is 0 Å². The van der Waals surface area contributed by atoms with Crippen LogP contribution in [0.3, 0.4) is 0 Å². The predicted octanol–water partition coefficient (Wildman–Crippen LogP) is -0.456. The first-order valence-electron chi connectivity index (χ1n) is 9.16. The van der Waals surface area contributed by atoms with Gasteiger partial charge in [-0.05, 0) is 20.8 Å². The highest BCUT2D eigenvalue weighted by molar-refractivity contribution is 5.68. The fourth-order valence-corrected chi connectivity index (χ4v) is 3.34. The maximum Gasteiger partial charge on any atom is 0.410 e. The lowest BCUT2D eigenvalue weighted by Crippen LogP contribution is -2.71. The van der Waals surface area contributed by atoms with Crippen molar-refractivity contribution in [3.05, 3.63) is 0 Å². The topological polar surface area (TPSA) is 84.1 Å². The number of amides is 1. The van der Waals surface area contributed by atoms with Crippen molar-refractivity contribution in [1.29, 1.82) is 0 Å².